The van der Waals surface area contributed by atoms with Crippen molar-refractivity contribution in [2.45, 2.75) is 26.2 Å². The average molecular weight is 320 g/mol. The quantitative estimate of drug-likeness (QED) is 0.909. The number of carbonyl (C=O) groups is 2. The lowest BCUT2D eigenvalue weighted by molar-refractivity contribution is -0.116. The zero-order chi connectivity index (χ0) is 17.1. The van der Waals surface area contributed by atoms with Crippen LogP contribution in [0.3, 0.4) is 0 Å². The van der Waals surface area contributed by atoms with E-state index < -0.39 is 0 Å². The van der Waals surface area contributed by atoms with Crippen molar-refractivity contribution in [3.63, 3.8) is 0 Å². The monoisotopic (exact) mass is 320 g/mol. The van der Waals surface area contributed by atoms with Crippen LogP contribution in [0.1, 0.15) is 40.4 Å². The predicted octanol–water partition coefficient (Wildman–Crippen LogP) is 2.65. The van der Waals surface area contributed by atoms with Gasteiger partial charge in [-0.3, -0.25) is 14.6 Å². The minimum atomic E-state index is -0.238. The van der Waals surface area contributed by atoms with E-state index >= 15 is 0 Å². The molecule has 0 saturated heterocycles. The molecule has 0 spiro atoms. The Labute approximate surface area is 139 Å². The molecule has 0 radical (unpaired) electrons. The Bertz CT molecular complexity index is 868. The van der Waals surface area contributed by atoms with Gasteiger partial charge in [0.05, 0.1) is 11.3 Å². The molecule has 6 heteroatoms. The molecule has 1 aliphatic heterocycles. The van der Waals surface area contributed by atoms with Crippen LogP contribution in [0, 0.1) is 11.3 Å². The minimum absolute atomic E-state index is 0.0971. The van der Waals surface area contributed by atoms with Gasteiger partial charge in [0.2, 0.25) is 5.91 Å². The highest BCUT2D eigenvalue weighted by molar-refractivity contribution is 6.06. The van der Waals surface area contributed by atoms with Crippen molar-refractivity contribution in [3.05, 3.63) is 52.8 Å². The van der Waals surface area contributed by atoms with Gasteiger partial charge in [0.1, 0.15) is 6.07 Å². The zero-order valence-electron chi connectivity index (χ0n) is 13.2. The molecule has 0 aliphatic carbocycles. The van der Waals surface area contributed by atoms with Gasteiger partial charge in [-0.05, 0) is 42.2 Å². The maximum absolute atomic E-state index is 12.5. The summed E-state index contributed by atoms with van der Waals surface area (Å²) in [5, 5.41) is 14.9. The maximum Gasteiger partial charge on any atom is 0.256 e. The first kappa shape index (κ1) is 15.7. The number of carbonyl (C=O) groups excluding carboxylic acids is 2. The van der Waals surface area contributed by atoms with Crippen LogP contribution in [-0.2, 0) is 17.6 Å². The number of aromatic nitrogens is 1. The van der Waals surface area contributed by atoms with Gasteiger partial charge in [-0.1, -0.05) is 6.92 Å². The molecule has 0 unspecified atom stereocenters. The van der Waals surface area contributed by atoms with E-state index in [1.807, 2.05) is 6.92 Å². The summed E-state index contributed by atoms with van der Waals surface area (Å²) in [6.07, 6.45) is 4.89. The van der Waals surface area contributed by atoms with Crippen LogP contribution in [0.4, 0.5) is 11.4 Å². The van der Waals surface area contributed by atoms with E-state index in [1.165, 1.54) is 0 Å². The fraction of sp³-hybridized carbons (Fsp3) is 0.222. The molecule has 0 atom stereocenters. The largest absolute Gasteiger partial charge is 0.325 e. The molecule has 2 N–H and O–H groups in total. The van der Waals surface area contributed by atoms with Gasteiger partial charge in [-0.25, -0.2) is 0 Å². The third-order valence-corrected chi connectivity index (χ3v) is 4.01. The van der Waals surface area contributed by atoms with Gasteiger partial charge in [0.25, 0.3) is 5.91 Å². The Balaban J connectivity index is 1.92. The molecule has 2 heterocycles. The third-order valence-electron chi connectivity index (χ3n) is 4.01. The van der Waals surface area contributed by atoms with Gasteiger partial charge in [-0.15, -0.1) is 0 Å². The van der Waals surface area contributed by atoms with E-state index in [0.29, 0.717) is 41.8 Å². The number of rotatable bonds is 3. The molecule has 0 fully saturated rings. The number of aryl methyl sites for hydroxylation is 2. The number of fused-ring (bicyclic) bond motifs is 1. The molecule has 0 bridgehead atoms. The van der Waals surface area contributed by atoms with Crippen LogP contribution >= 0.6 is 0 Å². The molecule has 120 valence electrons. The van der Waals surface area contributed by atoms with Crippen molar-refractivity contribution < 1.29 is 9.59 Å². The van der Waals surface area contributed by atoms with Crippen LogP contribution < -0.4 is 10.6 Å². The predicted molar refractivity (Wildman–Crippen MR) is 89.7 cm³/mol. The van der Waals surface area contributed by atoms with Crippen LogP contribution in [0.2, 0.25) is 0 Å². The second-order valence-corrected chi connectivity index (χ2v) is 5.56. The topological polar surface area (TPSA) is 94.9 Å². The van der Waals surface area contributed by atoms with E-state index in [9.17, 15) is 14.9 Å². The van der Waals surface area contributed by atoms with E-state index in [0.717, 1.165) is 11.1 Å². The number of nitriles is 1. The van der Waals surface area contributed by atoms with E-state index in [1.54, 1.807) is 30.6 Å². The molecule has 1 aromatic heterocycles. The molecule has 2 amide bonds. The summed E-state index contributed by atoms with van der Waals surface area (Å²) in [6.45, 7) is 1.96. The molecule has 6 nitrogen and oxygen atoms in total. The van der Waals surface area contributed by atoms with Crippen LogP contribution in [0.15, 0.2) is 30.6 Å². The smallest absolute Gasteiger partial charge is 0.256 e. The Kier molecular flexibility index (Phi) is 4.25. The molecule has 1 aliphatic rings. The number of nitrogens with zero attached hydrogens (tertiary/aromatic N) is 2. The first-order chi connectivity index (χ1) is 11.6. The van der Waals surface area contributed by atoms with E-state index in [2.05, 4.69) is 21.7 Å². The van der Waals surface area contributed by atoms with Gasteiger partial charge in [-0.2, -0.15) is 5.26 Å². The number of amides is 2. The molecule has 2 aromatic rings. The zero-order valence-corrected chi connectivity index (χ0v) is 13.2. The Morgan fingerprint density at radius 3 is 3.00 bits per heavy atom. The highest BCUT2D eigenvalue weighted by atomic mass is 16.2. The first-order valence-corrected chi connectivity index (χ1v) is 7.73. The van der Waals surface area contributed by atoms with Crippen molar-refractivity contribution in [1.29, 1.82) is 5.26 Å². The summed E-state index contributed by atoms with van der Waals surface area (Å²) < 4.78 is 0. The van der Waals surface area contributed by atoms with Crippen LogP contribution in [0.5, 0.6) is 0 Å². The molecule has 3 rings (SSSR count). The van der Waals surface area contributed by atoms with Gasteiger partial charge >= 0.3 is 0 Å². The summed E-state index contributed by atoms with van der Waals surface area (Å²) in [5.41, 5.74) is 3.73. The van der Waals surface area contributed by atoms with E-state index in [-0.39, 0.29) is 11.8 Å². The van der Waals surface area contributed by atoms with Gasteiger partial charge < -0.3 is 10.6 Å². The number of hydrogen-bond acceptors (Lipinski definition) is 4. The standard InChI is InChI=1S/C18H16N4O2/c1-2-11-10-20-6-5-15(11)18(24)21-14-7-12-3-4-16(23)22-17(12)13(8-14)9-19/h5-8,10H,2-4H2,1H3,(H,21,24)(H,22,23). The van der Waals surface area contributed by atoms with Crippen molar-refractivity contribution in [2.24, 2.45) is 0 Å². The second kappa shape index (κ2) is 6.50. The van der Waals surface area contributed by atoms with E-state index in [4.69, 9.17) is 0 Å². The average Bonchev–Trinajstić information content (AvgIpc) is 2.61. The SMILES string of the molecule is CCc1cnccc1C(=O)Nc1cc(C#N)c2c(c1)CCC(=O)N2. The lowest BCUT2D eigenvalue weighted by Gasteiger charge is -2.19. The van der Waals surface area contributed by atoms with Crippen LogP contribution in [0.25, 0.3) is 0 Å². The maximum atomic E-state index is 12.5. The number of nitrogens with one attached hydrogen (secondary N) is 2. The summed E-state index contributed by atoms with van der Waals surface area (Å²) in [4.78, 5) is 28.1. The van der Waals surface area contributed by atoms with Gasteiger partial charge in [0, 0.05) is 30.1 Å². The lowest BCUT2D eigenvalue weighted by Crippen LogP contribution is -2.21. The summed E-state index contributed by atoms with van der Waals surface area (Å²) in [5.74, 6) is -0.335. The molecule has 1 aromatic carbocycles. The normalized spacial score (nSPS) is 12.8. The lowest BCUT2D eigenvalue weighted by atomic mass is 9.98. The Morgan fingerprint density at radius 2 is 2.25 bits per heavy atom. The van der Waals surface area contributed by atoms with Crippen molar-refractivity contribution in [3.8, 4) is 6.07 Å². The highest BCUT2D eigenvalue weighted by Crippen LogP contribution is 2.30. The number of pyridine rings is 1. The third kappa shape index (κ3) is 2.97. The van der Waals surface area contributed by atoms with Crippen molar-refractivity contribution in [1.82, 2.24) is 4.98 Å². The number of hydrogen-bond donors (Lipinski definition) is 2. The van der Waals surface area contributed by atoms with Crippen LogP contribution in [-0.4, -0.2) is 16.8 Å². The highest BCUT2D eigenvalue weighted by Gasteiger charge is 2.20. The molecular formula is C18H16N4O2. The molecule has 0 saturated carbocycles. The second-order valence-electron chi connectivity index (χ2n) is 5.56. The van der Waals surface area contributed by atoms with Gasteiger partial charge in [0.15, 0.2) is 0 Å². The Hall–Kier alpha value is -3.20. The number of anilines is 2. The fourth-order valence-electron chi connectivity index (χ4n) is 2.79. The fourth-order valence-corrected chi connectivity index (χ4v) is 2.79. The first-order valence-electron chi connectivity index (χ1n) is 7.73. The van der Waals surface area contributed by atoms with Crippen molar-refractivity contribution >= 4 is 23.2 Å². The Morgan fingerprint density at radius 1 is 1.42 bits per heavy atom. The molecular weight excluding hydrogens is 304 g/mol. The summed E-state index contributed by atoms with van der Waals surface area (Å²) >= 11 is 0. The summed E-state index contributed by atoms with van der Waals surface area (Å²) in [6, 6.07) is 7.14. The summed E-state index contributed by atoms with van der Waals surface area (Å²) in [7, 11) is 0. The number of benzene rings is 1. The van der Waals surface area contributed by atoms with Crippen molar-refractivity contribution in [2.75, 3.05) is 10.6 Å². The minimum Gasteiger partial charge on any atom is -0.325 e. The molecule has 24 heavy (non-hydrogen) atoms.